The van der Waals surface area contributed by atoms with Crippen LogP contribution in [0.5, 0.6) is 5.75 Å². The number of aromatic carboxylic acids is 1. The Kier molecular flexibility index (Phi) is 3.29. The van der Waals surface area contributed by atoms with Gasteiger partial charge >= 0.3 is 5.97 Å². The van der Waals surface area contributed by atoms with Crippen LogP contribution in [0.3, 0.4) is 0 Å². The fraction of sp³-hybridized carbons (Fsp3) is 0.286. The molecule has 1 heterocycles. The first-order valence-corrected chi connectivity index (χ1v) is 5.90. The molecule has 5 nitrogen and oxygen atoms in total. The lowest BCUT2D eigenvalue weighted by Gasteiger charge is -2.33. The summed E-state index contributed by atoms with van der Waals surface area (Å²) in [5.41, 5.74) is 1.41. The number of fused-ring (bicyclic) bond motifs is 1. The second-order valence-corrected chi connectivity index (χ2v) is 4.63. The zero-order valence-corrected chi connectivity index (χ0v) is 10.8. The minimum atomic E-state index is -1.04. The molecular weight excluding hydrogens is 246 g/mol. The summed E-state index contributed by atoms with van der Waals surface area (Å²) in [6.45, 7) is 7.62. The smallest absolute Gasteiger partial charge is 0.335 e. The molecule has 0 aliphatic carbocycles. The minimum absolute atomic E-state index is 0.122. The summed E-state index contributed by atoms with van der Waals surface area (Å²) in [4.78, 5) is 24.6. The van der Waals surface area contributed by atoms with Gasteiger partial charge in [0.2, 0.25) is 0 Å². The van der Waals surface area contributed by atoms with E-state index in [1.807, 2.05) is 6.92 Å². The number of carbonyl (C=O) groups is 2. The van der Waals surface area contributed by atoms with Gasteiger partial charge in [0.15, 0.2) is 6.10 Å². The van der Waals surface area contributed by atoms with Crippen LogP contribution in [-0.2, 0) is 4.79 Å². The molecule has 1 aromatic carbocycles. The molecule has 19 heavy (non-hydrogen) atoms. The number of rotatable bonds is 3. The van der Waals surface area contributed by atoms with Gasteiger partial charge in [-0.05, 0) is 32.0 Å². The third-order valence-electron chi connectivity index (χ3n) is 2.84. The summed E-state index contributed by atoms with van der Waals surface area (Å²) in [6, 6.07) is 4.49. The van der Waals surface area contributed by atoms with E-state index in [0.717, 1.165) is 5.57 Å². The molecular formula is C14H15NO4. The van der Waals surface area contributed by atoms with Crippen LogP contribution in [0.4, 0.5) is 5.69 Å². The van der Waals surface area contributed by atoms with E-state index in [1.54, 1.807) is 13.0 Å². The van der Waals surface area contributed by atoms with Crippen LogP contribution in [0.15, 0.2) is 30.4 Å². The van der Waals surface area contributed by atoms with E-state index in [0.29, 0.717) is 18.0 Å². The van der Waals surface area contributed by atoms with Gasteiger partial charge in [-0.25, -0.2) is 4.79 Å². The Morgan fingerprint density at radius 2 is 2.21 bits per heavy atom. The van der Waals surface area contributed by atoms with Crippen molar-refractivity contribution in [1.82, 2.24) is 0 Å². The summed E-state index contributed by atoms with van der Waals surface area (Å²) >= 11 is 0. The van der Waals surface area contributed by atoms with Crippen LogP contribution < -0.4 is 9.64 Å². The molecule has 2 rings (SSSR count). The van der Waals surface area contributed by atoms with Crippen molar-refractivity contribution in [2.75, 3.05) is 11.4 Å². The maximum atomic E-state index is 12.1. The number of hydrogen-bond acceptors (Lipinski definition) is 3. The van der Waals surface area contributed by atoms with Crippen LogP contribution in [-0.4, -0.2) is 29.6 Å². The lowest BCUT2D eigenvalue weighted by atomic mass is 10.1. The third-order valence-corrected chi connectivity index (χ3v) is 2.84. The van der Waals surface area contributed by atoms with Crippen molar-refractivity contribution >= 4 is 17.6 Å². The Bertz CT molecular complexity index is 565. The van der Waals surface area contributed by atoms with Crippen LogP contribution in [0.1, 0.15) is 24.2 Å². The second-order valence-electron chi connectivity index (χ2n) is 4.63. The zero-order valence-electron chi connectivity index (χ0n) is 10.8. The standard InChI is InChI=1S/C14H15NO4/c1-8(2)7-15-11-6-10(14(17)18)4-5-12(11)19-9(3)13(15)16/h4-6,9H,1,7H2,2-3H3,(H,17,18). The fourth-order valence-corrected chi connectivity index (χ4v) is 1.97. The number of hydrogen-bond donors (Lipinski definition) is 1. The van der Waals surface area contributed by atoms with Crippen molar-refractivity contribution in [3.05, 3.63) is 35.9 Å². The molecule has 1 aliphatic heterocycles. The molecule has 1 atom stereocenters. The predicted octanol–water partition coefficient (Wildman–Crippen LogP) is 2.07. The van der Waals surface area contributed by atoms with E-state index in [-0.39, 0.29) is 11.5 Å². The highest BCUT2D eigenvalue weighted by Crippen LogP contribution is 2.35. The lowest BCUT2D eigenvalue weighted by Crippen LogP contribution is -2.45. The predicted molar refractivity (Wildman–Crippen MR) is 70.7 cm³/mol. The zero-order chi connectivity index (χ0) is 14.2. The number of amides is 1. The summed E-state index contributed by atoms with van der Waals surface area (Å²) in [5, 5.41) is 9.01. The molecule has 0 saturated carbocycles. The summed E-state index contributed by atoms with van der Waals surface area (Å²) in [6.07, 6.45) is -0.581. The molecule has 1 aromatic rings. The first-order chi connectivity index (χ1) is 8.90. The topological polar surface area (TPSA) is 66.8 Å². The summed E-state index contributed by atoms with van der Waals surface area (Å²) in [5.74, 6) is -0.722. The number of carbonyl (C=O) groups excluding carboxylic acids is 1. The van der Waals surface area contributed by atoms with Crippen LogP contribution in [0.25, 0.3) is 0 Å². The van der Waals surface area contributed by atoms with Crippen molar-refractivity contribution < 1.29 is 19.4 Å². The number of nitrogens with zero attached hydrogens (tertiary/aromatic N) is 1. The van der Waals surface area contributed by atoms with Crippen LogP contribution in [0.2, 0.25) is 0 Å². The number of anilines is 1. The Hall–Kier alpha value is -2.30. The highest BCUT2D eigenvalue weighted by atomic mass is 16.5. The average molecular weight is 261 g/mol. The number of carboxylic acids is 1. The number of benzene rings is 1. The Labute approximate surface area is 111 Å². The maximum Gasteiger partial charge on any atom is 0.335 e. The van der Waals surface area contributed by atoms with Gasteiger partial charge in [-0.3, -0.25) is 4.79 Å². The van der Waals surface area contributed by atoms with E-state index < -0.39 is 12.1 Å². The fourth-order valence-electron chi connectivity index (χ4n) is 1.97. The van der Waals surface area contributed by atoms with Gasteiger partial charge in [-0.1, -0.05) is 12.2 Å². The van der Waals surface area contributed by atoms with Gasteiger partial charge in [0.1, 0.15) is 5.75 Å². The molecule has 0 spiro atoms. The maximum absolute atomic E-state index is 12.1. The molecule has 0 fully saturated rings. The van der Waals surface area contributed by atoms with E-state index in [1.165, 1.54) is 17.0 Å². The highest BCUT2D eigenvalue weighted by molar-refractivity contribution is 6.01. The van der Waals surface area contributed by atoms with Gasteiger partial charge in [0, 0.05) is 6.54 Å². The van der Waals surface area contributed by atoms with Gasteiger partial charge in [0.25, 0.3) is 5.91 Å². The molecule has 0 radical (unpaired) electrons. The van der Waals surface area contributed by atoms with Crippen molar-refractivity contribution in [1.29, 1.82) is 0 Å². The van der Waals surface area contributed by atoms with Gasteiger partial charge in [-0.2, -0.15) is 0 Å². The molecule has 1 unspecified atom stereocenters. The average Bonchev–Trinajstić information content (AvgIpc) is 2.34. The minimum Gasteiger partial charge on any atom is -0.479 e. The molecule has 1 aliphatic rings. The van der Waals surface area contributed by atoms with Gasteiger partial charge in [-0.15, -0.1) is 0 Å². The molecule has 5 heteroatoms. The monoisotopic (exact) mass is 261 g/mol. The van der Waals surface area contributed by atoms with Crippen LogP contribution in [0, 0.1) is 0 Å². The number of ether oxygens (including phenoxy) is 1. The number of carboxylic acid groups (broad SMARTS) is 1. The van der Waals surface area contributed by atoms with E-state index in [4.69, 9.17) is 9.84 Å². The molecule has 0 saturated heterocycles. The van der Waals surface area contributed by atoms with E-state index >= 15 is 0 Å². The van der Waals surface area contributed by atoms with E-state index in [9.17, 15) is 9.59 Å². The van der Waals surface area contributed by atoms with Crippen molar-refractivity contribution in [2.45, 2.75) is 20.0 Å². The van der Waals surface area contributed by atoms with E-state index in [2.05, 4.69) is 6.58 Å². The first kappa shape index (κ1) is 13.1. The second kappa shape index (κ2) is 4.76. The molecule has 1 amide bonds. The van der Waals surface area contributed by atoms with Crippen molar-refractivity contribution in [3.63, 3.8) is 0 Å². The van der Waals surface area contributed by atoms with Gasteiger partial charge in [0.05, 0.1) is 11.3 Å². The molecule has 1 N–H and O–H groups in total. The molecule has 0 bridgehead atoms. The largest absolute Gasteiger partial charge is 0.479 e. The van der Waals surface area contributed by atoms with Crippen molar-refractivity contribution in [2.24, 2.45) is 0 Å². The van der Waals surface area contributed by atoms with Gasteiger partial charge < -0.3 is 14.7 Å². The Morgan fingerprint density at radius 3 is 2.79 bits per heavy atom. The third kappa shape index (κ3) is 2.45. The Balaban J connectivity index is 2.50. The molecule has 100 valence electrons. The van der Waals surface area contributed by atoms with Crippen molar-refractivity contribution in [3.8, 4) is 5.75 Å². The SMILES string of the molecule is C=C(C)CN1C(=O)C(C)Oc2ccc(C(=O)O)cc21. The molecule has 0 aromatic heterocycles. The summed E-state index contributed by atoms with van der Waals surface area (Å²) in [7, 11) is 0. The first-order valence-electron chi connectivity index (χ1n) is 5.90. The lowest BCUT2D eigenvalue weighted by molar-refractivity contribution is -0.125. The van der Waals surface area contributed by atoms with Crippen LogP contribution >= 0.6 is 0 Å². The quantitative estimate of drug-likeness (QED) is 0.846. The highest BCUT2D eigenvalue weighted by Gasteiger charge is 2.31. The Morgan fingerprint density at radius 1 is 1.53 bits per heavy atom. The summed E-state index contributed by atoms with van der Waals surface area (Å²) < 4.78 is 5.48. The normalized spacial score (nSPS) is 17.7.